The molecule has 1 aromatic heterocycles. The standard InChI is InChI=1S/C8H11BrN2O4/c9-6-5-10-8(14)11(7(6)13)1-3-15-4-2-12/h5,12H,1-4H2,(H,10,14). The second kappa shape index (κ2) is 5.84. The van der Waals surface area contributed by atoms with Crippen molar-refractivity contribution in [2.24, 2.45) is 0 Å². The minimum Gasteiger partial charge on any atom is -0.394 e. The average Bonchev–Trinajstić information content (AvgIpc) is 2.23. The number of aromatic amines is 1. The molecule has 0 unspecified atom stereocenters. The second-order valence-corrected chi connectivity index (χ2v) is 3.59. The van der Waals surface area contributed by atoms with Crippen LogP contribution in [0, 0.1) is 0 Å². The summed E-state index contributed by atoms with van der Waals surface area (Å²) >= 11 is 3.02. The molecule has 7 heteroatoms. The van der Waals surface area contributed by atoms with Gasteiger partial charge in [-0.05, 0) is 15.9 Å². The molecule has 0 bridgehead atoms. The van der Waals surface area contributed by atoms with Crippen molar-refractivity contribution in [3.63, 3.8) is 0 Å². The number of aliphatic hydroxyl groups excluding tert-OH is 1. The molecule has 0 aromatic carbocycles. The molecule has 0 fully saturated rings. The lowest BCUT2D eigenvalue weighted by molar-refractivity contribution is 0.0859. The minimum absolute atomic E-state index is 0.0796. The lowest BCUT2D eigenvalue weighted by atomic mass is 10.6. The Hall–Kier alpha value is -0.920. The number of hydrogen-bond acceptors (Lipinski definition) is 4. The molecule has 0 aliphatic rings. The summed E-state index contributed by atoms with van der Waals surface area (Å²) in [5, 5.41) is 8.45. The summed E-state index contributed by atoms with van der Waals surface area (Å²) < 4.78 is 6.28. The molecule has 0 saturated heterocycles. The molecule has 6 nitrogen and oxygen atoms in total. The Morgan fingerprint density at radius 3 is 2.87 bits per heavy atom. The molecule has 0 saturated carbocycles. The van der Waals surface area contributed by atoms with Crippen LogP contribution in [-0.4, -0.2) is 34.5 Å². The molecule has 0 atom stereocenters. The Kier molecular flexibility index (Phi) is 4.73. The summed E-state index contributed by atoms with van der Waals surface area (Å²) in [4.78, 5) is 25.1. The zero-order chi connectivity index (χ0) is 11.3. The number of rotatable bonds is 5. The van der Waals surface area contributed by atoms with E-state index in [0.29, 0.717) is 4.47 Å². The molecule has 84 valence electrons. The fourth-order valence-electron chi connectivity index (χ4n) is 1.01. The SMILES string of the molecule is O=c1[nH]cc(Br)c(=O)n1CCOCCO. The first-order valence-corrected chi connectivity index (χ1v) is 5.12. The maximum absolute atomic E-state index is 11.4. The smallest absolute Gasteiger partial charge is 0.328 e. The third-order valence-electron chi connectivity index (χ3n) is 1.71. The van der Waals surface area contributed by atoms with Crippen molar-refractivity contribution >= 4 is 15.9 Å². The highest BCUT2D eigenvalue weighted by atomic mass is 79.9. The first kappa shape index (κ1) is 12.2. The molecule has 0 aliphatic carbocycles. The molecule has 1 heterocycles. The van der Waals surface area contributed by atoms with E-state index in [2.05, 4.69) is 20.9 Å². The molecule has 15 heavy (non-hydrogen) atoms. The Balaban J connectivity index is 2.72. The van der Waals surface area contributed by atoms with E-state index in [0.717, 1.165) is 4.57 Å². The highest BCUT2D eigenvalue weighted by Crippen LogP contribution is 1.95. The van der Waals surface area contributed by atoms with Gasteiger partial charge in [0.05, 0.1) is 30.8 Å². The fraction of sp³-hybridized carbons (Fsp3) is 0.500. The van der Waals surface area contributed by atoms with Crippen molar-refractivity contribution < 1.29 is 9.84 Å². The predicted molar refractivity (Wildman–Crippen MR) is 56.9 cm³/mol. The van der Waals surface area contributed by atoms with Crippen molar-refractivity contribution in [1.82, 2.24) is 9.55 Å². The fourth-order valence-corrected chi connectivity index (χ4v) is 1.34. The van der Waals surface area contributed by atoms with Crippen LogP contribution in [0.4, 0.5) is 0 Å². The normalized spacial score (nSPS) is 10.5. The van der Waals surface area contributed by atoms with Crippen LogP contribution in [0.5, 0.6) is 0 Å². The van der Waals surface area contributed by atoms with Gasteiger partial charge in [0.1, 0.15) is 0 Å². The van der Waals surface area contributed by atoms with Crippen LogP contribution in [0.1, 0.15) is 0 Å². The highest BCUT2D eigenvalue weighted by molar-refractivity contribution is 9.10. The molecule has 1 aromatic rings. The van der Waals surface area contributed by atoms with E-state index in [-0.39, 0.29) is 26.4 Å². The van der Waals surface area contributed by atoms with Crippen molar-refractivity contribution in [3.8, 4) is 0 Å². The number of aromatic nitrogens is 2. The third kappa shape index (κ3) is 3.29. The maximum Gasteiger partial charge on any atom is 0.328 e. The predicted octanol–water partition coefficient (Wildman–Crippen LogP) is -0.692. The number of hydrogen-bond donors (Lipinski definition) is 2. The van der Waals surface area contributed by atoms with E-state index in [1.54, 1.807) is 0 Å². The van der Waals surface area contributed by atoms with Gasteiger partial charge >= 0.3 is 5.69 Å². The van der Waals surface area contributed by atoms with Gasteiger partial charge in [-0.3, -0.25) is 9.36 Å². The number of halogens is 1. The van der Waals surface area contributed by atoms with Gasteiger partial charge in [0.25, 0.3) is 5.56 Å². The summed E-state index contributed by atoms with van der Waals surface area (Å²) in [6, 6.07) is 0. The van der Waals surface area contributed by atoms with E-state index < -0.39 is 11.2 Å². The molecular weight excluding hydrogens is 268 g/mol. The van der Waals surface area contributed by atoms with Gasteiger partial charge < -0.3 is 14.8 Å². The Morgan fingerprint density at radius 2 is 2.20 bits per heavy atom. The van der Waals surface area contributed by atoms with Crippen LogP contribution in [0.3, 0.4) is 0 Å². The highest BCUT2D eigenvalue weighted by Gasteiger charge is 2.04. The van der Waals surface area contributed by atoms with E-state index >= 15 is 0 Å². The monoisotopic (exact) mass is 278 g/mol. The summed E-state index contributed by atoms with van der Waals surface area (Å²) in [6.45, 7) is 0.484. The lowest BCUT2D eigenvalue weighted by Gasteiger charge is -2.04. The number of ether oxygens (including phenoxy) is 1. The van der Waals surface area contributed by atoms with Crippen LogP contribution < -0.4 is 11.2 Å². The maximum atomic E-state index is 11.4. The zero-order valence-electron chi connectivity index (χ0n) is 7.90. The molecule has 0 aliphatic heterocycles. The first-order valence-electron chi connectivity index (χ1n) is 4.33. The van der Waals surface area contributed by atoms with Crippen molar-refractivity contribution in [3.05, 3.63) is 31.5 Å². The van der Waals surface area contributed by atoms with Crippen LogP contribution in [0.2, 0.25) is 0 Å². The van der Waals surface area contributed by atoms with Crippen LogP contribution in [-0.2, 0) is 11.3 Å². The number of aliphatic hydroxyl groups is 1. The molecule has 0 spiro atoms. The quantitative estimate of drug-likeness (QED) is 0.699. The summed E-state index contributed by atoms with van der Waals surface area (Å²) in [6.07, 6.45) is 1.30. The molecule has 0 amide bonds. The van der Waals surface area contributed by atoms with Crippen LogP contribution >= 0.6 is 15.9 Å². The number of nitrogens with zero attached hydrogens (tertiary/aromatic N) is 1. The summed E-state index contributed by atoms with van der Waals surface area (Å²) in [5.41, 5.74) is -0.873. The Labute approximate surface area is 93.6 Å². The molecule has 2 N–H and O–H groups in total. The molecule has 0 radical (unpaired) electrons. The van der Waals surface area contributed by atoms with E-state index in [1.165, 1.54) is 6.20 Å². The van der Waals surface area contributed by atoms with Gasteiger partial charge in [-0.15, -0.1) is 0 Å². The van der Waals surface area contributed by atoms with Gasteiger partial charge in [0.2, 0.25) is 0 Å². The van der Waals surface area contributed by atoms with E-state index in [9.17, 15) is 9.59 Å². The Bertz CT molecular complexity index is 425. The van der Waals surface area contributed by atoms with Crippen molar-refractivity contribution in [1.29, 1.82) is 0 Å². The second-order valence-electron chi connectivity index (χ2n) is 2.73. The van der Waals surface area contributed by atoms with Gasteiger partial charge in [0.15, 0.2) is 0 Å². The average molecular weight is 279 g/mol. The summed E-state index contributed by atoms with van der Waals surface area (Å²) in [5.74, 6) is 0. The van der Waals surface area contributed by atoms with Gasteiger partial charge in [0, 0.05) is 6.20 Å². The lowest BCUT2D eigenvalue weighted by Crippen LogP contribution is -2.36. The molecular formula is C8H11BrN2O4. The van der Waals surface area contributed by atoms with Crippen molar-refractivity contribution in [2.45, 2.75) is 6.54 Å². The molecule has 1 rings (SSSR count). The number of nitrogens with one attached hydrogen (secondary N) is 1. The van der Waals surface area contributed by atoms with Gasteiger partial charge in [-0.25, -0.2) is 4.79 Å². The van der Waals surface area contributed by atoms with Crippen molar-refractivity contribution in [2.75, 3.05) is 19.8 Å². The minimum atomic E-state index is -0.476. The Morgan fingerprint density at radius 1 is 1.47 bits per heavy atom. The largest absolute Gasteiger partial charge is 0.394 e. The van der Waals surface area contributed by atoms with Crippen LogP contribution in [0.15, 0.2) is 20.3 Å². The van der Waals surface area contributed by atoms with Crippen LogP contribution in [0.25, 0.3) is 0 Å². The van der Waals surface area contributed by atoms with Gasteiger partial charge in [-0.1, -0.05) is 0 Å². The van der Waals surface area contributed by atoms with Gasteiger partial charge in [-0.2, -0.15) is 0 Å². The van der Waals surface area contributed by atoms with E-state index in [4.69, 9.17) is 9.84 Å². The topological polar surface area (TPSA) is 84.3 Å². The van der Waals surface area contributed by atoms with E-state index in [1.807, 2.05) is 0 Å². The zero-order valence-corrected chi connectivity index (χ0v) is 9.49. The summed E-state index contributed by atoms with van der Waals surface area (Å²) in [7, 11) is 0. The number of H-pyrrole nitrogens is 1. The first-order chi connectivity index (χ1) is 7.16. The third-order valence-corrected chi connectivity index (χ3v) is 2.28.